The maximum absolute atomic E-state index is 13.5. The fourth-order valence-electron chi connectivity index (χ4n) is 3.92. The van der Waals surface area contributed by atoms with Gasteiger partial charge in [0.1, 0.15) is 16.7 Å². The molecule has 9 heteroatoms. The first-order chi connectivity index (χ1) is 16.2. The number of aliphatic hydroxyl groups excluding tert-OH is 1. The van der Waals surface area contributed by atoms with E-state index in [9.17, 15) is 18.3 Å². The van der Waals surface area contributed by atoms with Gasteiger partial charge in [-0.2, -0.15) is 4.31 Å². The minimum Gasteiger partial charge on any atom is -0.487 e. The van der Waals surface area contributed by atoms with Gasteiger partial charge in [-0.1, -0.05) is 31.2 Å². The second kappa shape index (κ2) is 11.1. The van der Waals surface area contributed by atoms with Gasteiger partial charge in [0, 0.05) is 37.4 Å². The Bertz CT molecular complexity index is 1120. The lowest BCUT2D eigenvalue weighted by Gasteiger charge is -2.37. The highest BCUT2D eigenvalue weighted by Gasteiger charge is 2.38. The molecule has 1 amide bonds. The number of hydrogen-bond acceptors (Lipinski definition) is 6. The number of aromatic nitrogens is 1. The average molecular weight is 488 g/mol. The summed E-state index contributed by atoms with van der Waals surface area (Å²) in [6, 6.07) is 9.82. The first kappa shape index (κ1) is 25.9. The summed E-state index contributed by atoms with van der Waals surface area (Å²) in [6.45, 7) is 5.60. The number of rotatable bonds is 7. The zero-order valence-corrected chi connectivity index (χ0v) is 20.9. The van der Waals surface area contributed by atoms with Gasteiger partial charge < -0.3 is 14.7 Å². The van der Waals surface area contributed by atoms with Crippen LogP contribution >= 0.6 is 0 Å². The SMILES string of the molecule is C/C=C/c1ccc2c(c1)O[C@@H](CN(C)C(=O)Cc1ccccn1)[C@H](C)CN([C@H](C)CO)S2(=O)=O. The zero-order chi connectivity index (χ0) is 24.9. The molecule has 0 saturated carbocycles. The van der Waals surface area contributed by atoms with Gasteiger partial charge in [0.15, 0.2) is 0 Å². The van der Waals surface area contributed by atoms with Gasteiger partial charge >= 0.3 is 0 Å². The second-order valence-corrected chi connectivity index (χ2v) is 10.6. The summed E-state index contributed by atoms with van der Waals surface area (Å²) in [4.78, 5) is 18.7. The molecule has 8 nitrogen and oxygen atoms in total. The topological polar surface area (TPSA) is 100 Å². The lowest BCUT2D eigenvalue weighted by Crippen LogP contribution is -2.50. The number of ether oxygens (including phenoxy) is 1. The van der Waals surface area contributed by atoms with Gasteiger partial charge in [0.25, 0.3) is 0 Å². The molecule has 1 aromatic carbocycles. The van der Waals surface area contributed by atoms with Crippen molar-refractivity contribution in [2.75, 3.05) is 26.7 Å². The van der Waals surface area contributed by atoms with Crippen LogP contribution in [-0.2, 0) is 21.2 Å². The summed E-state index contributed by atoms with van der Waals surface area (Å²) < 4.78 is 34.6. The van der Waals surface area contributed by atoms with Gasteiger partial charge in [-0.05, 0) is 43.7 Å². The Morgan fingerprint density at radius 1 is 1.35 bits per heavy atom. The minimum atomic E-state index is -3.89. The second-order valence-electron chi connectivity index (χ2n) is 8.72. The number of benzene rings is 1. The van der Waals surface area contributed by atoms with Crippen LogP contribution in [0.3, 0.4) is 0 Å². The van der Waals surface area contributed by atoms with Crippen LogP contribution in [0.25, 0.3) is 6.08 Å². The van der Waals surface area contributed by atoms with Crippen LogP contribution in [0, 0.1) is 5.92 Å². The molecule has 34 heavy (non-hydrogen) atoms. The molecule has 1 aromatic heterocycles. The Kier molecular flexibility index (Phi) is 8.46. The molecular weight excluding hydrogens is 454 g/mol. The number of sulfonamides is 1. The number of hydrogen-bond donors (Lipinski definition) is 1. The normalized spacial score (nSPS) is 21.2. The summed E-state index contributed by atoms with van der Waals surface area (Å²) in [5.74, 6) is -0.104. The summed E-state index contributed by atoms with van der Waals surface area (Å²) in [5, 5.41) is 9.75. The van der Waals surface area contributed by atoms with Crippen LogP contribution in [0.2, 0.25) is 0 Å². The first-order valence-electron chi connectivity index (χ1n) is 11.4. The number of fused-ring (bicyclic) bond motifs is 1. The number of nitrogens with zero attached hydrogens (tertiary/aromatic N) is 3. The molecule has 184 valence electrons. The Morgan fingerprint density at radius 2 is 2.12 bits per heavy atom. The van der Waals surface area contributed by atoms with Crippen molar-refractivity contribution < 1.29 is 23.1 Å². The van der Waals surface area contributed by atoms with E-state index < -0.39 is 22.2 Å². The molecule has 0 saturated heterocycles. The third-order valence-corrected chi connectivity index (χ3v) is 8.01. The van der Waals surface area contributed by atoms with Crippen molar-refractivity contribution in [2.45, 2.75) is 44.2 Å². The molecule has 0 aliphatic carbocycles. The van der Waals surface area contributed by atoms with E-state index in [4.69, 9.17) is 4.74 Å². The van der Waals surface area contributed by atoms with E-state index in [0.29, 0.717) is 5.69 Å². The number of carbonyl (C=O) groups excluding carboxylic acids is 1. The predicted octanol–water partition coefficient (Wildman–Crippen LogP) is 2.58. The summed E-state index contributed by atoms with van der Waals surface area (Å²) in [7, 11) is -2.18. The fraction of sp³-hybridized carbons (Fsp3) is 0.440. The number of pyridine rings is 1. The molecule has 2 aromatic rings. The van der Waals surface area contributed by atoms with E-state index >= 15 is 0 Å². The van der Waals surface area contributed by atoms with Crippen LogP contribution < -0.4 is 4.74 Å². The van der Waals surface area contributed by atoms with Crippen LogP contribution in [-0.4, -0.2) is 72.5 Å². The monoisotopic (exact) mass is 487 g/mol. The standard InChI is InChI=1S/C25H33N3O5S/c1-5-8-20-10-11-24-22(13-20)33-23(18(2)15-28(19(3)17-29)34(24,31)32)16-27(4)25(30)14-21-9-6-7-12-26-21/h5-13,18-19,23,29H,14-17H2,1-4H3/b8-5+/t18-,19-,23+/m1/s1. The Morgan fingerprint density at radius 3 is 2.76 bits per heavy atom. The highest BCUT2D eigenvalue weighted by atomic mass is 32.2. The average Bonchev–Trinajstić information content (AvgIpc) is 2.81. The van der Waals surface area contributed by atoms with Gasteiger partial charge in [0.05, 0.1) is 19.6 Å². The largest absolute Gasteiger partial charge is 0.487 e. The summed E-state index contributed by atoms with van der Waals surface area (Å²) >= 11 is 0. The van der Waals surface area contributed by atoms with Gasteiger partial charge in [0.2, 0.25) is 15.9 Å². The van der Waals surface area contributed by atoms with Crippen molar-refractivity contribution in [1.29, 1.82) is 0 Å². The smallest absolute Gasteiger partial charge is 0.247 e. The highest BCUT2D eigenvalue weighted by molar-refractivity contribution is 7.89. The number of amides is 1. The lowest BCUT2D eigenvalue weighted by molar-refractivity contribution is -0.130. The molecule has 0 unspecified atom stereocenters. The summed E-state index contributed by atoms with van der Waals surface area (Å²) in [5.41, 5.74) is 1.49. The van der Waals surface area contributed by atoms with Crippen molar-refractivity contribution in [3.8, 4) is 5.75 Å². The summed E-state index contributed by atoms with van der Waals surface area (Å²) in [6.07, 6.45) is 5.09. The van der Waals surface area contributed by atoms with Crippen LogP contribution in [0.4, 0.5) is 0 Å². The van der Waals surface area contributed by atoms with E-state index in [2.05, 4.69) is 4.98 Å². The Labute approximate surface area is 201 Å². The van der Waals surface area contributed by atoms with E-state index in [1.807, 2.05) is 32.1 Å². The van der Waals surface area contributed by atoms with Crippen molar-refractivity contribution in [3.05, 3.63) is 59.9 Å². The van der Waals surface area contributed by atoms with Gasteiger partial charge in [-0.15, -0.1) is 0 Å². The van der Waals surface area contributed by atoms with Crippen molar-refractivity contribution in [1.82, 2.24) is 14.2 Å². The molecular formula is C25H33N3O5S. The number of aliphatic hydroxyl groups is 1. The van der Waals surface area contributed by atoms with E-state index in [-0.39, 0.29) is 48.6 Å². The van der Waals surface area contributed by atoms with Crippen LogP contribution in [0.15, 0.2) is 53.6 Å². The Hall–Kier alpha value is -2.75. The third-order valence-electron chi connectivity index (χ3n) is 5.99. The van der Waals surface area contributed by atoms with Crippen molar-refractivity contribution in [2.24, 2.45) is 5.92 Å². The molecule has 1 N–H and O–H groups in total. The van der Waals surface area contributed by atoms with Crippen LogP contribution in [0.1, 0.15) is 32.0 Å². The molecule has 0 bridgehead atoms. The quantitative estimate of drug-likeness (QED) is 0.644. The Balaban J connectivity index is 1.94. The predicted molar refractivity (Wildman–Crippen MR) is 131 cm³/mol. The van der Waals surface area contributed by atoms with Crippen molar-refractivity contribution in [3.63, 3.8) is 0 Å². The molecule has 1 aliphatic rings. The molecule has 0 fully saturated rings. The molecule has 3 rings (SSSR count). The molecule has 0 spiro atoms. The van der Waals surface area contributed by atoms with E-state index in [1.54, 1.807) is 55.4 Å². The van der Waals surface area contributed by atoms with E-state index in [0.717, 1.165) is 5.56 Å². The lowest BCUT2D eigenvalue weighted by atomic mass is 10.0. The maximum Gasteiger partial charge on any atom is 0.247 e. The third kappa shape index (κ3) is 5.84. The van der Waals surface area contributed by atoms with Crippen molar-refractivity contribution >= 4 is 22.0 Å². The number of allylic oxidation sites excluding steroid dienone is 1. The van der Waals surface area contributed by atoms with Crippen LogP contribution in [0.5, 0.6) is 5.75 Å². The number of likely N-dealkylation sites (N-methyl/N-ethyl adjacent to an activating group) is 1. The minimum absolute atomic E-state index is 0.0559. The zero-order valence-electron chi connectivity index (χ0n) is 20.1. The molecule has 2 heterocycles. The highest BCUT2D eigenvalue weighted by Crippen LogP contribution is 2.34. The maximum atomic E-state index is 13.5. The fourth-order valence-corrected chi connectivity index (χ4v) is 5.75. The molecule has 0 radical (unpaired) electrons. The number of carbonyl (C=O) groups is 1. The molecule has 3 atom stereocenters. The first-order valence-corrected chi connectivity index (χ1v) is 12.8. The van der Waals surface area contributed by atoms with E-state index in [1.165, 1.54) is 4.31 Å². The van der Waals surface area contributed by atoms with Gasteiger partial charge in [-0.3, -0.25) is 9.78 Å². The molecule has 1 aliphatic heterocycles. The van der Waals surface area contributed by atoms with Gasteiger partial charge in [-0.25, -0.2) is 8.42 Å².